The number of aromatic nitrogens is 4. The minimum Gasteiger partial charge on any atom is -0.478 e. The van der Waals surface area contributed by atoms with E-state index in [4.69, 9.17) is 19.6 Å². The third-order valence-corrected chi connectivity index (χ3v) is 5.45. The molecule has 8 nitrogen and oxygen atoms in total. The predicted molar refractivity (Wildman–Crippen MR) is 120 cm³/mol. The van der Waals surface area contributed by atoms with Crippen LogP contribution in [0, 0.1) is 0 Å². The molecule has 0 spiro atoms. The maximum Gasteiger partial charge on any atom is 0.337 e. The molecule has 170 valence electrons. The van der Waals surface area contributed by atoms with E-state index in [1.54, 1.807) is 26.5 Å². The standard InChI is InChI=1S/C24H30N4O4/c1-5-7-21-26-23(24(31-3,32-4)13-6-2)27-28(21)16-17-8-10-18(11-9-17)19-12-14-25-15-20(19)22(29)30/h8-12,14-15H,5-7,13,16H2,1-4H3,(H,29,30). The molecule has 0 aliphatic rings. The topological polar surface area (TPSA) is 99.4 Å². The summed E-state index contributed by atoms with van der Waals surface area (Å²) < 4.78 is 13.3. The Morgan fingerprint density at radius 1 is 1.09 bits per heavy atom. The first-order valence-electron chi connectivity index (χ1n) is 10.8. The lowest BCUT2D eigenvalue weighted by Crippen LogP contribution is -2.32. The summed E-state index contributed by atoms with van der Waals surface area (Å²) in [7, 11) is 3.23. The van der Waals surface area contributed by atoms with Crippen molar-refractivity contribution in [2.24, 2.45) is 0 Å². The lowest BCUT2D eigenvalue weighted by molar-refractivity contribution is -0.225. The Bertz CT molecular complexity index is 1040. The van der Waals surface area contributed by atoms with Gasteiger partial charge in [0.1, 0.15) is 5.82 Å². The quantitative estimate of drug-likeness (QED) is 0.446. The van der Waals surface area contributed by atoms with Gasteiger partial charge in [0.2, 0.25) is 11.6 Å². The lowest BCUT2D eigenvalue weighted by atomic mass is 10.0. The van der Waals surface area contributed by atoms with Crippen molar-refractivity contribution >= 4 is 5.97 Å². The molecule has 32 heavy (non-hydrogen) atoms. The highest BCUT2D eigenvalue weighted by atomic mass is 16.7. The van der Waals surface area contributed by atoms with E-state index in [1.165, 1.54) is 6.20 Å². The van der Waals surface area contributed by atoms with E-state index in [-0.39, 0.29) is 5.56 Å². The molecule has 0 saturated carbocycles. The summed E-state index contributed by atoms with van der Waals surface area (Å²) in [4.78, 5) is 20.2. The monoisotopic (exact) mass is 438 g/mol. The number of pyridine rings is 1. The van der Waals surface area contributed by atoms with Gasteiger partial charge < -0.3 is 14.6 Å². The van der Waals surface area contributed by atoms with Gasteiger partial charge in [0.05, 0.1) is 12.1 Å². The Hall–Kier alpha value is -3.10. The Balaban J connectivity index is 1.90. The molecule has 1 N–H and O–H groups in total. The van der Waals surface area contributed by atoms with Crippen LogP contribution in [0.2, 0.25) is 0 Å². The van der Waals surface area contributed by atoms with E-state index in [9.17, 15) is 9.90 Å². The molecular weight excluding hydrogens is 408 g/mol. The molecule has 3 aromatic rings. The Morgan fingerprint density at radius 2 is 1.81 bits per heavy atom. The zero-order valence-corrected chi connectivity index (χ0v) is 19.0. The predicted octanol–water partition coefficient (Wildman–Crippen LogP) is 4.28. The van der Waals surface area contributed by atoms with Crippen LogP contribution in [-0.2, 0) is 28.2 Å². The number of carbonyl (C=O) groups is 1. The highest BCUT2D eigenvalue weighted by Crippen LogP contribution is 2.29. The Kier molecular flexibility index (Phi) is 7.71. The molecule has 8 heteroatoms. The molecular formula is C24H30N4O4. The van der Waals surface area contributed by atoms with Crippen LogP contribution >= 0.6 is 0 Å². The number of methoxy groups -OCH3 is 2. The smallest absolute Gasteiger partial charge is 0.337 e. The van der Waals surface area contributed by atoms with Gasteiger partial charge in [0.15, 0.2) is 0 Å². The van der Waals surface area contributed by atoms with Gasteiger partial charge in [-0.25, -0.2) is 14.5 Å². The molecule has 0 aliphatic heterocycles. The zero-order chi connectivity index (χ0) is 23.1. The van der Waals surface area contributed by atoms with Crippen LogP contribution in [0.15, 0.2) is 42.7 Å². The fraction of sp³-hybridized carbons (Fsp3) is 0.417. The second kappa shape index (κ2) is 10.5. The fourth-order valence-corrected chi connectivity index (χ4v) is 3.76. The number of rotatable bonds is 11. The van der Waals surface area contributed by atoms with Crippen LogP contribution < -0.4 is 0 Å². The molecule has 0 bridgehead atoms. The second-order valence-corrected chi connectivity index (χ2v) is 7.59. The molecule has 0 radical (unpaired) electrons. The fourth-order valence-electron chi connectivity index (χ4n) is 3.76. The van der Waals surface area contributed by atoms with E-state index in [1.807, 2.05) is 28.9 Å². The minimum absolute atomic E-state index is 0.179. The number of carboxylic acids is 1. The largest absolute Gasteiger partial charge is 0.478 e. The number of hydrogen-bond acceptors (Lipinski definition) is 6. The van der Waals surface area contributed by atoms with Gasteiger partial charge in [0, 0.05) is 39.5 Å². The molecule has 0 fully saturated rings. The van der Waals surface area contributed by atoms with Gasteiger partial charge in [-0.15, -0.1) is 5.10 Å². The minimum atomic E-state index is -0.997. The van der Waals surface area contributed by atoms with E-state index < -0.39 is 11.8 Å². The first-order chi connectivity index (χ1) is 15.5. The van der Waals surface area contributed by atoms with Crippen LogP contribution in [0.1, 0.15) is 60.7 Å². The molecule has 0 aliphatic carbocycles. The molecule has 0 amide bonds. The molecule has 1 aromatic carbocycles. The number of nitrogens with zero attached hydrogens (tertiary/aromatic N) is 4. The van der Waals surface area contributed by atoms with Crippen molar-refractivity contribution in [2.45, 2.75) is 51.9 Å². The molecule has 0 saturated heterocycles. The van der Waals surface area contributed by atoms with Gasteiger partial charge in [0.25, 0.3) is 0 Å². The normalized spacial score (nSPS) is 11.6. The summed E-state index contributed by atoms with van der Waals surface area (Å²) in [5, 5.41) is 14.2. The summed E-state index contributed by atoms with van der Waals surface area (Å²) in [5.41, 5.74) is 2.67. The average molecular weight is 439 g/mol. The highest BCUT2D eigenvalue weighted by molar-refractivity contribution is 5.95. The number of ether oxygens (including phenoxy) is 2. The third kappa shape index (κ3) is 4.87. The first kappa shape index (κ1) is 23.6. The van der Waals surface area contributed by atoms with Gasteiger partial charge in [-0.05, 0) is 29.2 Å². The van der Waals surface area contributed by atoms with Crippen molar-refractivity contribution < 1.29 is 19.4 Å². The third-order valence-electron chi connectivity index (χ3n) is 5.45. The van der Waals surface area contributed by atoms with Gasteiger partial charge in [-0.2, -0.15) is 0 Å². The van der Waals surface area contributed by atoms with E-state index in [0.29, 0.717) is 24.4 Å². The summed E-state index contributed by atoms with van der Waals surface area (Å²) in [6.07, 6.45) is 6.22. The summed E-state index contributed by atoms with van der Waals surface area (Å²) in [5.74, 6) is -0.542. The molecule has 3 rings (SSSR count). The summed E-state index contributed by atoms with van der Waals surface area (Å²) in [6, 6.07) is 9.50. The lowest BCUT2D eigenvalue weighted by Gasteiger charge is -2.27. The Morgan fingerprint density at radius 3 is 2.41 bits per heavy atom. The second-order valence-electron chi connectivity index (χ2n) is 7.59. The van der Waals surface area contributed by atoms with Crippen LogP contribution in [0.3, 0.4) is 0 Å². The number of aryl methyl sites for hydroxylation is 1. The molecule has 2 heterocycles. The molecule has 2 aromatic heterocycles. The van der Waals surface area contributed by atoms with Gasteiger partial charge in [-0.3, -0.25) is 4.98 Å². The summed E-state index contributed by atoms with van der Waals surface area (Å²) in [6.45, 7) is 4.71. The van der Waals surface area contributed by atoms with Gasteiger partial charge >= 0.3 is 5.97 Å². The first-order valence-corrected chi connectivity index (χ1v) is 10.8. The van der Waals surface area contributed by atoms with Gasteiger partial charge in [-0.1, -0.05) is 44.5 Å². The van der Waals surface area contributed by atoms with Crippen LogP contribution in [0.25, 0.3) is 11.1 Å². The maximum absolute atomic E-state index is 11.5. The number of aromatic carboxylic acids is 1. The van der Waals surface area contributed by atoms with Crippen LogP contribution in [0.5, 0.6) is 0 Å². The SMILES string of the molecule is CCCc1nc(C(CCC)(OC)OC)nn1Cc1ccc(-c2ccncc2C(=O)O)cc1. The van der Waals surface area contributed by atoms with Crippen molar-refractivity contribution in [3.8, 4) is 11.1 Å². The van der Waals surface area contributed by atoms with Crippen molar-refractivity contribution in [2.75, 3.05) is 14.2 Å². The van der Waals surface area contributed by atoms with E-state index in [0.717, 1.165) is 36.2 Å². The van der Waals surface area contributed by atoms with Crippen LogP contribution in [-0.4, -0.2) is 45.0 Å². The molecule has 0 atom stereocenters. The van der Waals surface area contributed by atoms with Crippen molar-refractivity contribution in [3.05, 3.63) is 65.5 Å². The van der Waals surface area contributed by atoms with Crippen molar-refractivity contribution in [3.63, 3.8) is 0 Å². The Labute approximate surface area is 188 Å². The summed E-state index contributed by atoms with van der Waals surface area (Å²) >= 11 is 0. The maximum atomic E-state index is 11.5. The number of carboxylic acid groups (broad SMARTS) is 1. The zero-order valence-electron chi connectivity index (χ0n) is 19.0. The van der Waals surface area contributed by atoms with Crippen molar-refractivity contribution in [1.82, 2.24) is 19.7 Å². The highest BCUT2D eigenvalue weighted by Gasteiger charge is 2.36. The van der Waals surface area contributed by atoms with E-state index in [2.05, 4.69) is 18.8 Å². The van der Waals surface area contributed by atoms with Crippen molar-refractivity contribution in [1.29, 1.82) is 0 Å². The molecule has 0 unspecified atom stereocenters. The number of hydrogen-bond donors (Lipinski definition) is 1. The van der Waals surface area contributed by atoms with E-state index >= 15 is 0 Å². The van der Waals surface area contributed by atoms with Crippen LogP contribution in [0.4, 0.5) is 0 Å². The number of benzene rings is 1. The average Bonchev–Trinajstić information content (AvgIpc) is 3.21.